The summed E-state index contributed by atoms with van der Waals surface area (Å²) >= 11 is 8.30. The van der Waals surface area contributed by atoms with Crippen molar-refractivity contribution < 1.29 is 4.74 Å². The van der Waals surface area contributed by atoms with Crippen LogP contribution in [-0.4, -0.2) is 18.0 Å². The molecule has 0 aromatic rings. The Bertz CT molecular complexity index is 22.8. The normalized spacial score (nSPS) is 9.00. The van der Waals surface area contributed by atoms with E-state index in [1.165, 1.54) is 0 Å². The van der Waals surface area contributed by atoms with Crippen LogP contribution in [-0.2, 0) is 4.74 Å². The highest BCUT2D eigenvalue weighted by Gasteiger charge is 1.75. The van der Waals surface area contributed by atoms with E-state index in [9.17, 15) is 0 Å². The molecule has 0 saturated carbocycles. The first-order chi connectivity index (χ1) is 2.91. The van der Waals surface area contributed by atoms with Crippen LogP contribution in [0.15, 0.2) is 0 Å². The lowest BCUT2D eigenvalue weighted by molar-refractivity contribution is 0.205. The van der Waals surface area contributed by atoms with E-state index in [0.717, 1.165) is 0 Å². The van der Waals surface area contributed by atoms with Crippen LogP contribution in [0.25, 0.3) is 0 Å². The van der Waals surface area contributed by atoms with Gasteiger partial charge in [0.15, 0.2) is 0 Å². The predicted octanol–water partition coefficient (Wildman–Crippen LogP) is 1.59. The van der Waals surface area contributed by atoms with Crippen molar-refractivity contribution in [2.45, 2.75) is 0 Å². The van der Waals surface area contributed by atoms with Crippen LogP contribution < -0.4 is 0 Å². The van der Waals surface area contributed by atoms with E-state index in [4.69, 9.17) is 16.3 Å². The quantitative estimate of drug-likeness (QED) is 0.465. The summed E-state index contributed by atoms with van der Waals surface area (Å²) in [6.45, 7) is 0.632. The number of hydrogen-bond donors (Lipinski definition) is 0. The predicted molar refractivity (Wildman–Crippen MR) is 30.5 cm³/mol. The van der Waals surface area contributed by atoms with E-state index in [1.807, 2.05) is 0 Å². The van der Waals surface area contributed by atoms with Crippen molar-refractivity contribution in [3.05, 3.63) is 0 Å². The molecule has 0 aliphatic rings. The minimum Gasteiger partial charge on any atom is -0.369 e. The Morgan fingerprint density at radius 2 is 2.33 bits per heavy atom. The average molecular weight is 173 g/mol. The molecular formula is C3H6BrClO. The van der Waals surface area contributed by atoms with E-state index in [-0.39, 0.29) is 0 Å². The maximum Gasteiger partial charge on any atom is 0.102 e. The summed E-state index contributed by atoms with van der Waals surface area (Å²) < 4.78 is 4.77. The molecule has 0 spiro atoms. The molecule has 0 amide bonds. The van der Waals surface area contributed by atoms with Crippen LogP contribution in [0.3, 0.4) is 0 Å². The van der Waals surface area contributed by atoms with Gasteiger partial charge in [0, 0.05) is 5.88 Å². The van der Waals surface area contributed by atoms with Crippen molar-refractivity contribution in [3.63, 3.8) is 0 Å². The Kier molecular flexibility index (Phi) is 6.43. The van der Waals surface area contributed by atoms with Gasteiger partial charge >= 0.3 is 0 Å². The molecular weight excluding hydrogens is 167 g/mol. The largest absolute Gasteiger partial charge is 0.369 e. The van der Waals surface area contributed by atoms with Crippen molar-refractivity contribution in [2.75, 3.05) is 18.0 Å². The Morgan fingerprint density at radius 3 is 2.50 bits per heavy atom. The highest BCUT2D eigenvalue weighted by atomic mass is 79.9. The number of ether oxygens (including phenoxy) is 1. The first kappa shape index (κ1) is 6.73. The van der Waals surface area contributed by atoms with Crippen LogP contribution in [0.2, 0.25) is 0 Å². The lowest BCUT2D eigenvalue weighted by atomic mass is 10.9. The molecule has 0 bridgehead atoms. The lowest BCUT2D eigenvalue weighted by Gasteiger charge is -1.89. The van der Waals surface area contributed by atoms with Crippen LogP contribution in [0.4, 0.5) is 0 Å². The minimum absolute atomic E-state index is 0.575. The SMILES string of the molecule is ClCCOCBr. The molecule has 0 atom stereocenters. The molecule has 0 unspecified atom stereocenters. The molecule has 0 N–H and O–H groups in total. The molecule has 0 aromatic carbocycles. The standard InChI is InChI=1S/C3H6BrClO/c4-3-6-2-1-5/h1-3H2. The molecule has 0 fully saturated rings. The third kappa shape index (κ3) is 4.73. The Morgan fingerprint density at radius 1 is 1.67 bits per heavy atom. The van der Waals surface area contributed by atoms with Crippen LogP contribution in [0, 0.1) is 0 Å². The molecule has 3 heteroatoms. The van der Waals surface area contributed by atoms with E-state index < -0.39 is 0 Å². The zero-order valence-electron chi connectivity index (χ0n) is 3.29. The van der Waals surface area contributed by atoms with Crippen molar-refractivity contribution in [1.29, 1.82) is 0 Å². The lowest BCUT2D eigenvalue weighted by Crippen LogP contribution is -1.90. The van der Waals surface area contributed by atoms with Crippen molar-refractivity contribution >= 4 is 27.5 Å². The summed E-state index contributed by atoms with van der Waals surface area (Å²) in [6, 6.07) is 0. The fourth-order valence-electron chi connectivity index (χ4n) is 0.109. The summed E-state index contributed by atoms with van der Waals surface area (Å²) in [5.41, 5.74) is 0.583. The maximum atomic E-state index is 5.23. The second-order valence-corrected chi connectivity index (χ2v) is 1.54. The Labute approximate surface area is 50.8 Å². The van der Waals surface area contributed by atoms with Gasteiger partial charge in [0.2, 0.25) is 0 Å². The maximum absolute atomic E-state index is 5.23. The minimum atomic E-state index is 0.575. The molecule has 0 aromatic heterocycles. The summed E-state index contributed by atoms with van der Waals surface area (Å²) in [4.78, 5) is 0. The molecule has 6 heavy (non-hydrogen) atoms. The Hall–Kier alpha value is 0.730. The highest BCUT2D eigenvalue weighted by molar-refractivity contribution is 9.09. The molecule has 0 heterocycles. The average Bonchev–Trinajstić information content (AvgIpc) is 1.61. The summed E-state index contributed by atoms with van der Waals surface area (Å²) in [6.07, 6.45) is 0. The molecule has 0 aliphatic carbocycles. The fourth-order valence-corrected chi connectivity index (χ4v) is 0.447. The van der Waals surface area contributed by atoms with Gasteiger partial charge in [-0.25, -0.2) is 0 Å². The summed E-state index contributed by atoms with van der Waals surface area (Å²) in [5.74, 6) is 0.575. The molecule has 38 valence electrons. The van der Waals surface area contributed by atoms with Gasteiger partial charge in [0.05, 0.1) is 6.61 Å². The third-order valence-corrected chi connectivity index (χ3v) is 0.777. The van der Waals surface area contributed by atoms with Gasteiger partial charge < -0.3 is 4.74 Å². The summed E-state index contributed by atoms with van der Waals surface area (Å²) in [7, 11) is 0. The van der Waals surface area contributed by atoms with Gasteiger partial charge in [-0.05, 0) is 0 Å². The fraction of sp³-hybridized carbons (Fsp3) is 1.00. The van der Waals surface area contributed by atoms with Crippen LogP contribution >= 0.6 is 27.5 Å². The summed E-state index contributed by atoms with van der Waals surface area (Å²) in [5, 5.41) is 0. The monoisotopic (exact) mass is 172 g/mol. The van der Waals surface area contributed by atoms with Crippen LogP contribution in [0.5, 0.6) is 0 Å². The van der Waals surface area contributed by atoms with E-state index in [2.05, 4.69) is 15.9 Å². The second kappa shape index (κ2) is 5.73. The molecule has 0 radical (unpaired) electrons. The van der Waals surface area contributed by atoms with Crippen molar-refractivity contribution in [1.82, 2.24) is 0 Å². The third-order valence-electron chi connectivity index (χ3n) is 0.299. The Balaban J connectivity index is 2.34. The second-order valence-electron chi connectivity index (χ2n) is 0.706. The van der Waals surface area contributed by atoms with E-state index in [1.54, 1.807) is 0 Å². The van der Waals surface area contributed by atoms with Gasteiger partial charge in [0.1, 0.15) is 5.52 Å². The zero-order chi connectivity index (χ0) is 4.83. The molecule has 0 rings (SSSR count). The van der Waals surface area contributed by atoms with Crippen LogP contribution in [0.1, 0.15) is 0 Å². The van der Waals surface area contributed by atoms with Crippen molar-refractivity contribution in [2.24, 2.45) is 0 Å². The molecule has 0 aliphatic heterocycles. The first-order valence-corrected chi connectivity index (χ1v) is 3.27. The first-order valence-electron chi connectivity index (χ1n) is 1.61. The van der Waals surface area contributed by atoms with Gasteiger partial charge in [-0.2, -0.15) is 0 Å². The number of rotatable bonds is 3. The number of halogens is 2. The number of hydrogen-bond acceptors (Lipinski definition) is 1. The van der Waals surface area contributed by atoms with Gasteiger partial charge in [0.25, 0.3) is 0 Å². The van der Waals surface area contributed by atoms with E-state index in [0.29, 0.717) is 18.0 Å². The topological polar surface area (TPSA) is 9.23 Å². The van der Waals surface area contributed by atoms with Gasteiger partial charge in [-0.1, -0.05) is 15.9 Å². The van der Waals surface area contributed by atoms with Gasteiger partial charge in [-0.3, -0.25) is 0 Å². The van der Waals surface area contributed by atoms with E-state index >= 15 is 0 Å². The van der Waals surface area contributed by atoms with Gasteiger partial charge in [-0.15, -0.1) is 11.6 Å². The number of alkyl halides is 2. The van der Waals surface area contributed by atoms with Crippen molar-refractivity contribution in [3.8, 4) is 0 Å². The smallest absolute Gasteiger partial charge is 0.102 e. The molecule has 0 saturated heterocycles. The molecule has 1 nitrogen and oxygen atoms in total. The zero-order valence-corrected chi connectivity index (χ0v) is 5.63. The highest BCUT2D eigenvalue weighted by Crippen LogP contribution is 1.82.